The summed E-state index contributed by atoms with van der Waals surface area (Å²) in [6, 6.07) is 13.4. The molecule has 236 valence electrons. The van der Waals surface area contributed by atoms with Crippen molar-refractivity contribution in [3.8, 4) is 22.6 Å². The number of fused-ring (bicyclic) bond motifs is 2. The van der Waals surface area contributed by atoms with E-state index in [2.05, 4.69) is 37.1 Å². The molecule has 12 nitrogen and oxygen atoms in total. The molecule has 5 aromatic rings. The summed E-state index contributed by atoms with van der Waals surface area (Å²) in [6.07, 6.45) is 4.94. The zero-order chi connectivity index (χ0) is 31.4. The number of carbonyl (C=O) groups excluding carboxylic acids is 1. The molecular formula is C33H35FN10O2. The molecule has 0 bridgehead atoms. The lowest BCUT2D eigenvalue weighted by Crippen LogP contribution is -2.44. The zero-order valence-corrected chi connectivity index (χ0v) is 25.9. The third kappa shape index (κ3) is 5.09. The molecule has 1 aromatic carbocycles. The summed E-state index contributed by atoms with van der Waals surface area (Å²) in [6.45, 7) is 7.63. The molecular weight excluding hydrogens is 587 g/mol. The summed E-state index contributed by atoms with van der Waals surface area (Å²) in [5, 5.41) is 13.4. The first-order chi connectivity index (χ1) is 22.4. The van der Waals surface area contributed by atoms with E-state index in [1.807, 2.05) is 24.0 Å². The fourth-order valence-corrected chi connectivity index (χ4v) is 7.03. The second-order valence-electron chi connectivity index (χ2n) is 12.2. The lowest BCUT2D eigenvalue weighted by molar-refractivity contribution is 0.0209. The molecule has 2 saturated heterocycles. The number of hydrogen-bond donors (Lipinski definition) is 0. The van der Waals surface area contributed by atoms with Gasteiger partial charge in [-0.05, 0) is 37.0 Å². The monoisotopic (exact) mass is 622 g/mol. The van der Waals surface area contributed by atoms with Crippen LogP contribution >= 0.6 is 0 Å². The molecule has 0 aliphatic carbocycles. The van der Waals surface area contributed by atoms with Gasteiger partial charge in [-0.1, -0.05) is 24.3 Å². The molecule has 0 radical (unpaired) electrons. The number of benzene rings is 1. The van der Waals surface area contributed by atoms with E-state index >= 15 is 4.39 Å². The van der Waals surface area contributed by atoms with Crippen LogP contribution in [0.2, 0.25) is 0 Å². The van der Waals surface area contributed by atoms with E-state index < -0.39 is 5.82 Å². The van der Waals surface area contributed by atoms with Crippen molar-refractivity contribution < 1.29 is 13.9 Å². The third-order valence-corrected chi connectivity index (χ3v) is 9.53. The standard InChI is InChI=1S/C33H35FN10O2/c1-21-24-6-4-3-5-22(24)7-10-43(21)33(45)28-16-30(29-19-36-40(2)38-29)44-32(37-28)17-27(39-44)25-18-35-31(15-26(25)34)42-9-8-23(20-42)41-11-13-46-14-12-41/h3-6,15-19,21,23H,7-14,20H2,1-2H3/t21-,23+/m1/s1. The van der Waals surface area contributed by atoms with Gasteiger partial charge in [0, 0.05) is 64.1 Å². The normalized spacial score (nSPS) is 20.4. The first-order valence-electron chi connectivity index (χ1n) is 15.8. The highest BCUT2D eigenvalue weighted by molar-refractivity contribution is 5.94. The van der Waals surface area contributed by atoms with Gasteiger partial charge in [0.25, 0.3) is 5.91 Å². The number of halogens is 1. The minimum Gasteiger partial charge on any atom is -0.379 e. The van der Waals surface area contributed by atoms with Gasteiger partial charge >= 0.3 is 0 Å². The summed E-state index contributed by atoms with van der Waals surface area (Å²) in [5.74, 6) is 0.0150. The summed E-state index contributed by atoms with van der Waals surface area (Å²) < 4.78 is 22.9. The van der Waals surface area contributed by atoms with Crippen LogP contribution in [-0.2, 0) is 18.2 Å². The van der Waals surface area contributed by atoms with Crippen molar-refractivity contribution in [2.45, 2.75) is 31.8 Å². The Hall–Kier alpha value is -4.75. The molecule has 8 rings (SSSR count). The Labute approximate surface area is 265 Å². The van der Waals surface area contributed by atoms with E-state index in [4.69, 9.17) is 14.8 Å². The van der Waals surface area contributed by atoms with Gasteiger partial charge in [0.1, 0.15) is 23.0 Å². The van der Waals surface area contributed by atoms with Gasteiger partial charge in [-0.2, -0.15) is 20.1 Å². The quantitative estimate of drug-likeness (QED) is 0.291. The Morgan fingerprint density at radius 3 is 2.65 bits per heavy atom. The Balaban J connectivity index is 1.11. The van der Waals surface area contributed by atoms with Crippen LogP contribution in [0.4, 0.5) is 10.2 Å². The first-order valence-corrected chi connectivity index (χ1v) is 15.8. The van der Waals surface area contributed by atoms with Crippen LogP contribution in [0.5, 0.6) is 0 Å². The van der Waals surface area contributed by atoms with E-state index in [0.29, 0.717) is 41.1 Å². The van der Waals surface area contributed by atoms with Crippen molar-refractivity contribution in [1.29, 1.82) is 0 Å². The predicted molar refractivity (Wildman–Crippen MR) is 169 cm³/mol. The molecule has 7 heterocycles. The van der Waals surface area contributed by atoms with Gasteiger partial charge in [-0.15, -0.1) is 0 Å². The van der Waals surface area contributed by atoms with Crippen molar-refractivity contribution in [2.75, 3.05) is 50.8 Å². The second kappa shape index (κ2) is 11.6. The summed E-state index contributed by atoms with van der Waals surface area (Å²) in [7, 11) is 1.72. The maximum absolute atomic E-state index is 15.8. The van der Waals surface area contributed by atoms with E-state index in [1.54, 1.807) is 29.9 Å². The summed E-state index contributed by atoms with van der Waals surface area (Å²) in [5.41, 5.74) is 4.76. The van der Waals surface area contributed by atoms with Crippen LogP contribution in [-0.4, -0.2) is 102 Å². The van der Waals surface area contributed by atoms with Crippen LogP contribution in [0, 0.1) is 5.82 Å². The molecule has 0 unspecified atom stereocenters. The van der Waals surface area contributed by atoms with E-state index in [-0.39, 0.29) is 23.2 Å². The number of ether oxygens (including phenoxy) is 1. The van der Waals surface area contributed by atoms with Crippen LogP contribution in [0.1, 0.15) is 41.0 Å². The maximum atomic E-state index is 15.8. The van der Waals surface area contributed by atoms with Crippen LogP contribution in [0.25, 0.3) is 28.3 Å². The fourth-order valence-electron chi connectivity index (χ4n) is 7.03. The van der Waals surface area contributed by atoms with E-state index in [0.717, 1.165) is 57.8 Å². The number of anilines is 1. The third-order valence-electron chi connectivity index (χ3n) is 9.53. The number of hydrogen-bond acceptors (Lipinski definition) is 9. The van der Waals surface area contributed by atoms with Gasteiger partial charge in [-0.3, -0.25) is 9.69 Å². The summed E-state index contributed by atoms with van der Waals surface area (Å²) in [4.78, 5) is 31.3. The van der Waals surface area contributed by atoms with Crippen LogP contribution in [0.3, 0.4) is 0 Å². The van der Waals surface area contributed by atoms with Crippen LogP contribution in [0.15, 0.2) is 54.9 Å². The predicted octanol–water partition coefficient (Wildman–Crippen LogP) is 3.40. The minimum absolute atomic E-state index is 0.102. The number of pyridine rings is 1. The van der Waals surface area contributed by atoms with E-state index in [1.165, 1.54) is 22.6 Å². The Kier molecular flexibility index (Phi) is 7.21. The molecule has 3 aliphatic heterocycles. The molecule has 0 spiro atoms. The van der Waals surface area contributed by atoms with Gasteiger partial charge in [0.2, 0.25) is 0 Å². The zero-order valence-electron chi connectivity index (χ0n) is 25.9. The van der Waals surface area contributed by atoms with Gasteiger partial charge in [0.05, 0.1) is 42.4 Å². The molecule has 13 heteroatoms. The van der Waals surface area contributed by atoms with Crippen molar-refractivity contribution >= 4 is 17.4 Å². The molecule has 1 amide bonds. The molecule has 46 heavy (non-hydrogen) atoms. The molecule has 2 fully saturated rings. The van der Waals surface area contributed by atoms with Crippen LogP contribution < -0.4 is 4.90 Å². The largest absolute Gasteiger partial charge is 0.379 e. The highest BCUT2D eigenvalue weighted by atomic mass is 19.1. The smallest absolute Gasteiger partial charge is 0.273 e. The number of rotatable bonds is 5. The molecule has 2 atom stereocenters. The maximum Gasteiger partial charge on any atom is 0.273 e. The SMILES string of the molecule is C[C@@H]1c2ccccc2CCN1C(=O)c1cc(-c2cnn(C)n2)n2nc(-c3cnc(N4CC[C@H](N5CCOCC5)C4)cc3F)cc2n1. The summed E-state index contributed by atoms with van der Waals surface area (Å²) >= 11 is 0. The van der Waals surface area contributed by atoms with E-state index in [9.17, 15) is 4.79 Å². The fraction of sp³-hybridized carbons (Fsp3) is 0.394. The average molecular weight is 623 g/mol. The van der Waals surface area contributed by atoms with Crippen molar-refractivity contribution in [3.05, 3.63) is 77.5 Å². The average Bonchev–Trinajstić information content (AvgIpc) is 3.85. The topological polar surface area (TPSA) is 110 Å². The Bertz CT molecular complexity index is 1930. The second-order valence-corrected chi connectivity index (χ2v) is 12.2. The molecule has 0 saturated carbocycles. The lowest BCUT2D eigenvalue weighted by atomic mass is 9.93. The van der Waals surface area contributed by atoms with Crippen molar-refractivity contribution in [2.24, 2.45) is 7.05 Å². The first kappa shape index (κ1) is 28.7. The Morgan fingerprint density at radius 1 is 1.00 bits per heavy atom. The van der Waals surface area contributed by atoms with Gasteiger partial charge in [0.15, 0.2) is 5.65 Å². The number of morpholine rings is 1. The molecule has 4 aromatic heterocycles. The van der Waals surface area contributed by atoms with Gasteiger partial charge < -0.3 is 14.5 Å². The number of carbonyl (C=O) groups is 1. The number of aryl methyl sites for hydroxylation is 1. The van der Waals surface area contributed by atoms with Gasteiger partial charge in [-0.25, -0.2) is 18.9 Å². The van der Waals surface area contributed by atoms with Crippen molar-refractivity contribution in [1.82, 2.24) is 44.4 Å². The minimum atomic E-state index is -0.415. The number of aromatic nitrogens is 7. The van der Waals surface area contributed by atoms with Crippen molar-refractivity contribution in [3.63, 3.8) is 0 Å². The highest BCUT2D eigenvalue weighted by Gasteiger charge is 2.31. The Morgan fingerprint density at radius 2 is 1.85 bits per heavy atom. The molecule has 0 N–H and O–H groups in total. The highest BCUT2D eigenvalue weighted by Crippen LogP contribution is 2.32. The molecule has 3 aliphatic rings. The lowest BCUT2D eigenvalue weighted by Gasteiger charge is -2.35. The number of amides is 1. The number of nitrogens with zero attached hydrogens (tertiary/aromatic N) is 10.